The third-order valence-corrected chi connectivity index (χ3v) is 15.0. The Morgan fingerprint density at radius 1 is 0.590 bits per heavy atom. The Labute approximate surface area is 474 Å². The van der Waals surface area contributed by atoms with Crippen LogP contribution < -0.4 is 41.7 Å². The second kappa shape index (κ2) is 23.8. The number of halogens is 4. The van der Waals surface area contributed by atoms with Gasteiger partial charge in [0.2, 0.25) is 20.9 Å². The van der Waals surface area contributed by atoms with Crippen LogP contribution >= 0.6 is 0 Å². The van der Waals surface area contributed by atoms with Gasteiger partial charge in [-0.05, 0) is 97.5 Å². The molecule has 83 heavy (non-hydrogen) atoms. The number of para-hydroxylation sites is 2. The van der Waals surface area contributed by atoms with Crippen molar-refractivity contribution in [2.24, 2.45) is 5.73 Å². The van der Waals surface area contributed by atoms with E-state index in [1.54, 1.807) is 37.3 Å². The highest BCUT2D eigenvalue weighted by Gasteiger charge is 2.37. The molecule has 0 aliphatic carbocycles. The molecule has 0 bridgehead atoms. The normalized spacial score (nSPS) is 14.1. The van der Waals surface area contributed by atoms with Crippen molar-refractivity contribution < 1.29 is 45.2 Å². The van der Waals surface area contributed by atoms with Crippen LogP contribution in [0.25, 0.3) is 22.5 Å². The first kappa shape index (κ1) is 56.7. The molecule has 0 unspecified atom stereocenters. The molecule has 5 heterocycles. The predicted octanol–water partition coefficient (Wildman–Crippen LogP) is 9.37. The number of nitrogens with zero attached hydrogens (tertiary/aromatic N) is 7. The van der Waals surface area contributed by atoms with E-state index in [4.69, 9.17) is 15.7 Å². The number of hydrogen-bond acceptors (Lipinski definition) is 12. The zero-order valence-corrected chi connectivity index (χ0v) is 45.8. The summed E-state index contributed by atoms with van der Waals surface area (Å²) in [6.45, 7) is 5.34. The van der Waals surface area contributed by atoms with Crippen LogP contribution in [0.5, 0.6) is 0 Å². The van der Waals surface area contributed by atoms with Crippen molar-refractivity contribution in [3.63, 3.8) is 0 Å². The number of carbonyl (C=O) groups is 4. The monoisotopic (exact) mass is 1150 g/mol. The smallest absolute Gasteiger partial charge is 0.328 e. The summed E-state index contributed by atoms with van der Waals surface area (Å²) in [7, 11) is -4.04. The number of amides is 6. The van der Waals surface area contributed by atoms with Gasteiger partial charge in [0.1, 0.15) is 34.6 Å². The molecular weight excluding hydrogens is 1090 g/mol. The van der Waals surface area contributed by atoms with Crippen LogP contribution in [-0.4, -0.2) is 77.6 Å². The molecule has 0 spiro atoms. The second-order valence-electron chi connectivity index (χ2n) is 20.0. The summed E-state index contributed by atoms with van der Waals surface area (Å²) in [5, 5.41) is 10.4. The van der Waals surface area contributed by atoms with Crippen LogP contribution in [0.1, 0.15) is 66.9 Å². The first-order valence-electron chi connectivity index (χ1n) is 26.3. The largest absolute Gasteiger partial charge is 0.348 e. The van der Waals surface area contributed by atoms with Gasteiger partial charge in [-0.15, -0.1) is 0 Å². The highest BCUT2D eigenvalue weighted by atomic mass is 32.2. The summed E-state index contributed by atoms with van der Waals surface area (Å²) in [6, 6.07) is 34.1. The number of sulfone groups is 1. The zero-order valence-electron chi connectivity index (χ0n) is 45.0. The van der Waals surface area contributed by atoms with Crippen LogP contribution in [0, 0.1) is 37.1 Å². The number of urea groups is 2. The summed E-state index contributed by atoms with van der Waals surface area (Å²) in [5.41, 5.74) is 11.2. The lowest BCUT2D eigenvalue weighted by Gasteiger charge is -2.34. The third-order valence-electron chi connectivity index (χ3n) is 14.2. The highest BCUT2D eigenvalue weighted by Crippen LogP contribution is 2.42. The van der Waals surface area contributed by atoms with Gasteiger partial charge in [0.15, 0.2) is 11.6 Å². The summed E-state index contributed by atoms with van der Waals surface area (Å²) in [5.74, 6) is -4.41. The van der Waals surface area contributed by atoms with E-state index in [9.17, 15) is 36.4 Å². The van der Waals surface area contributed by atoms with Crippen LogP contribution in [0.2, 0.25) is 0 Å². The van der Waals surface area contributed by atoms with Crippen molar-refractivity contribution in [3.05, 3.63) is 201 Å². The van der Waals surface area contributed by atoms with E-state index in [0.29, 0.717) is 70.5 Å². The van der Waals surface area contributed by atoms with E-state index in [1.165, 1.54) is 6.07 Å². The quantitative estimate of drug-likeness (QED) is 0.0568. The van der Waals surface area contributed by atoms with Gasteiger partial charge in [0, 0.05) is 71.9 Å². The minimum atomic E-state index is -4.04. The average molecular weight is 1150 g/mol. The molecule has 3 aliphatic rings. The number of benzene rings is 6. The molecule has 1 fully saturated rings. The Balaban J connectivity index is 0.000000186. The molecule has 424 valence electrons. The predicted molar refractivity (Wildman–Crippen MR) is 304 cm³/mol. The van der Waals surface area contributed by atoms with Crippen LogP contribution in [0.3, 0.4) is 0 Å². The van der Waals surface area contributed by atoms with Gasteiger partial charge in [0.25, 0.3) is 11.8 Å². The van der Waals surface area contributed by atoms with Gasteiger partial charge in [-0.2, -0.15) is 9.97 Å². The summed E-state index contributed by atoms with van der Waals surface area (Å²) in [4.78, 5) is 73.8. The van der Waals surface area contributed by atoms with Gasteiger partial charge in [0.05, 0.1) is 24.5 Å². The van der Waals surface area contributed by atoms with Crippen molar-refractivity contribution >= 4 is 62.7 Å². The van der Waals surface area contributed by atoms with E-state index < -0.39 is 61.7 Å². The molecule has 0 atom stereocenters. The van der Waals surface area contributed by atoms with Crippen molar-refractivity contribution in [1.29, 1.82) is 0 Å². The van der Waals surface area contributed by atoms with E-state index >= 15 is 8.78 Å². The van der Waals surface area contributed by atoms with Gasteiger partial charge >= 0.3 is 12.1 Å². The molecular formula is C60H54F4N12O6S. The first-order chi connectivity index (χ1) is 39.8. The molecule has 6 N–H and O–H groups in total. The number of aryl methyl sites for hydroxylation is 2. The Kier molecular flexibility index (Phi) is 16.3. The van der Waals surface area contributed by atoms with E-state index in [2.05, 4.69) is 31.2 Å². The number of aromatic nitrogens is 4. The maximum absolute atomic E-state index is 15.1. The van der Waals surface area contributed by atoms with E-state index in [0.717, 1.165) is 71.0 Å². The molecule has 11 rings (SSSR count). The van der Waals surface area contributed by atoms with Gasteiger partial charge < -0.3 is 31.9 Å². The first-order valence-corrected chi connectivity index (χ1v) is 28.2. The van der Waals surface area contributed by atoms with Crippen LogP contribution in [0.4, 0.5) is 56.1 Å². The van der Waals surface area contributed by atoms with Crippen LogP contribution in [0.15, 0.2) is 139 Å². The number of carbonyl (C=O) groups excluding carboxylic acids is 4. The van der Waals surface area contributed by atoms with Crippen molar-refractivity contribution in [2.75, 3.05) is 34.0 Å². The Bertz CT molecular complexity index is 3930. The maximum Gasteiger partial charge on any atom is 0.328 e. The average Bonchev–Trinajstić information content (AvgIpc) is 2.63. The lowest BCUT2D eigenvalue weighted by atomic mass is 9.97. The van der Waals surface area contributed by atoms with Gasteiger partial charge in [-0.25, -0.2) is 55.3 Å². The molecule has 0 radical (unpaired) electrons. The lowest BCUT2D eigenvalue weighted by molar-refractivity contribution is 0.0943. The van der Waals surface area contributed by atoms with Crippen molar-refractivity contribution in [3.8, 4) is 22.5 Å². The fourth-order valence-corrected chi connectivity index (χ4v) is 10.3. The SMILES string of the molecule is Cc1ccc(C(=O)NCc2ccccc2)cc1-c1nc(N2CCC(N)CC2)nc2c1CNC(=O)N2c1c(F)cccc1F.Cc1ccc(C(=O)NCc2ccccc2)cc1-c1nc(S(C)(=O)=O)nc2c1CNC(=O)N2c1c(F)cccc1F. The Morgan fingerprint density at radius 2 is 1.01 bits per heavy atom. The Hall–Kier alpha value is -9.61. The molecule has 6 amide bonds. The summed E-state index contributed by atoms with van der Waals surface area (Å²) in [6.07, 6.45) is 2.33. The number of fused-ring (bicyclic) bond motifs is 2. The fraction of sp³-hybridized carbons (Fsp3) is 0.200. The number of rotatable bonds is 12. The van der Waals surface area contributed by atoms with Crippen molar-refractivity contribution in [1.82, 2.24) is 41.2 Å². The minimum absolute atomic E-state index is 0.0328. The summed E-state index contributed by atoms with van der Waals surface area (Å²) >= 11 is 0. The van der Waals surface area contributed by atoms with Gasteiger partial charge in [-0.3, -0.25) is 9.59 Å². The highest BCUT2D eigenvalue weighted by molar-refractivity contribution is 7.90. The zero-order chi connectivity index (χ0) is 58.7. The van der Waals surface area contributed by atoms with Crippen molar-refractivity contribution in [2.45, 2.75) is 64.1 Å². The number of anilines is 5. The fourth-order valence-electron chi connectivity index (χ4n) is 9.76. The number of piperidine rings is 1. The van der Waals surface area contributed by atoms with E-state index in [-0.39, 0.29) is 59.4 Å². The molecule has 0 saturated carbocycles. The molecule has 2 aromatic heterocycles. The summed E-state index contributed by atoms with van der Waals surface area (Å²) < 4.78 is 84.9. The lowest BCUT2D eigenvalue weighted by Crippen LogP contribution is -2.44. The second-order valence-corrected chi connectivity index (χ2v) is 21.9. The standard InChI is InChI=1S/C32H31F2N7O2.C28H23F2N5O4S/c1-19-10-11-21(30(42)36-17-20-6-3-2-4-7-20)16-23(19)27-24-18-37-32(43)41(28-25(33)8-5-9-26(28)34)29(24)39-31(38-27)40-14-12-22(35)13-15-40;1-16-11-12-18(26(36)31-14-17-7-4-3-5-8-17)13-19(16)23-20-15-32-28(37)35(24-21(29)9-6-10-22(24)30)25(20)34-27(33-23)40(2,38)39/h2-11,16,22H,12-15,17-18,35H2,1H3,(H,36,42)(H,37,43);3-13H,14-15H2,1-2H3,(H,31,36)(H,32,37). The maximum atomic E-state index is 15.1. The molecule has 3 aliphatic heterocycles. The topological polar surface area (TPSA) is 238 Å². The number of hydrogen-bond donors (Lipinski definition) is 5. The molecule has 1 saturated heterocycles. The van der Waals surface area contributed by atoms with Crippen LogP contribution in [-0.2, 0) is 36.0 Å². The minimum Gasteiger partial charge on any atom is -0.348 e. The number of nitrogens with two attached hydrogens (primary N) is 1. The molecule has 18 nitrogen and oxygen atoms in total. The molecule has 23 heteroatoms. The number of nitrogens with one attached hydrogen (secondary N) is 4. The van der Waals surface area contributed by atoms with E-state index in [1.807, 2.05) is 78.6 Å². The van der Waals surface area contributed by atoms with Gasteiger partial charge in [-0.1, -0.05) is 84.9 Å². The Morgan fingerprint density at radius 3 is 1.45 bits per heavy atom. The molecule has 8 aromatic rings. The third kappa shape index (κ3) is 12.1. The molecule has 6 aromatic carbocycles.